The Morgan fingerprint density at radius 3 is 2.88 bits per heavy atom. The summed E-state index contributed by atoms with van der Waals surface area (Å²) in [5.74, 6) is 0. The summed E-state index contributed by atoms with van der Waals surface area (Å²) >= 11 is 3.47. The molecule has 0 aromatic carbocycles. The summed E-state index contributed by atoms with van der Waals surface area (Å²) in [6.07, 6.45) is 2.80. The Morgan fingerprint density at radius 2 is 2.29 bits per heavy atom. The molecule has 0 amide bonds. The van der Waals surface area contributed by atoms with Crippen molar-refractivity contribution in [1.82, 2.24) is 4.98 Å². The Kier molecular flexibility index (Phi) is 4.59. The zero-order chi connectivity index (χ0) is 12.1. The van der Waals surface area contributed by atoms with Crippen molar-refractivity contribution in [2.45, 2.75) is 29.7 Å². The SMILES string of the molecule is CCC(N)C(Sc1ccccn1)c1ccsc1. The van der Waals surface area contributed by atoms with Gasteiger partial charge >= 0.3 is 0 Å². The predicted octanol–water partition coefficient (Wildman–Crippen LogP) is 3.71. The lowest BCUT2D eigenvalue weighted by Crippen LogP contribution is -2.25. The van der Waals surface area contributed by atoms with Crippen LogP contribution in [0.15, 0.2) is 46.2 Å². The predicted molar refractivity (Wildman–Crippen MR) is 75.4 cm³/mol. The van der Waals surface area contributed by atoms with E-state index < -0.39 is 0 Å². The van der Waals surface area contributed by atoms with Crippen LogP contribution in [0.4, 0.5) is 0 Å². The Morgan fingerprint density at radius 1 is 1.41 bits per heavy atom. The molecule has 0 aliphatic heterocycles. The van der Waals surface area contributed by atoms with Crippen LogP contribution in [-0.4, -0.2) is 11.0 Å². The molecule has 2 unspecified atom stereocenters. The fourth-order valence-electron chi connectivity index (χ4n) is 1.60. The first kappa shape index (κ1) is 12.6. The first-order chi connectivity index (χ1) is 8.31. The Bertz CT molecular complexity index is 428. The van der Waals surface area contributed by atoms with Crippen LogP contribution >= 0.6 is 23.1 Å². The third kappa shape index (κ3) is 3.31. The molecule has 2 nitrogen and oxygen atoms in total. The van der Waals surface area contributed by atoms with E-state index in [9.17, 15) is 0 Å². The maximum Gasteiger partial charge on any atom is 0.0966 e. The highest BCUT2D eigenvalue weighted by Crippen LogP contribution is 2.37. The quantitative estimate of drug-likeness (QED) is 0.837. The number of hydrogen-bond acceptors (Lipinski definition) is 4. The summed E-state index contributed by atoms with van der Waals surface area (Å²) in [6, 6.07) is 8.30. The third-order valence-electron chi connectivity index (χ3n) is 2.62. The maximum absolute atomic E-state index is 6.21. The maximum atomic E-state index is 6.21. The van der Waals surface area contributed by atoms with Crippen LogP contribution in [0.5, 0.6) is 0 Å². The van der Waals surface area contributed by atoms with Crippen LogP contribution in [0.1, 0.15) is 24.2 Å². The smallest absolute Gasteiger partial charge is 0.0966 e. The van der Waals surface area contributed by atoms with Gasteiger partial charge in [-0.25, -0.2) is 4.98 Å². The van der Waals surface area contributed by atoms with Crippen LogP contribution in [0, 0.1) is 0 Å². The van der Waals surface area contributed by atoms with Gasteiger partial charge in [0.2, 0.25) is 0 Å². The summed E-state index contributed by atoms with van der Waals surface area (Å²) in [6.45, 7) is 2.13. The zero-order valence-electron chi connectivity index (χ0n) is 9.74. The topological polar surface area (TPSA) is 38.9 Å². The fourth-order valence-corrected chi connectivity index (χ4v) is 3.57. The van der Waals surface area contributed by atoms with Crippen molar-refractivity contribution in [3.05, 3.63) is 46.8 Å². The van der Waals surface area contributed by atoms with Crippen LogP contribution in [0.2, 0.25) is 0 Å². The summed E-state index contributed by atoms with van der Waals surface area (Å²) in [7, 11) is 0. The average Bonchev–Trinajstić information content (AvgIpc) is 2.90. The molecule has 0 radical (unpaired) electrons. The van der Waals surface area contributed by atoms with Crippen LogP contribution < -0.4 is 5.73 Å². The van der Waals surface area contributed by atoms with E-state index in [4.69, 9.17) is 5.73 Å². The number of nitrogens with two attached hydrogens (primary N) is 1. The minimum Gasteiger partial charge on any atom is -0.326 e. The number of pyridine rings is 1. The highest BCUT2D eigenvalue weighted by molar-refractivity contribution is 7.99. The Balaban J connectivity index is 2.17. The highest BCUT2D eigenvalue weighted by atomic mass is 32.2. The molecule has 2 N–H and O–H groups in total. The molecular weight excluding hydrogens is 248 g/mol. The number of aromatic nitrogens is 1. The van der Waals surface area contributed by atoms with Gasteiger partial charge in [-0.1, -0.05) is 24.8 Å². The molecule has 2 aromatic heterocycles. The Hall–Kier alpha value is -0.840. The molecule has 4 heteroatoms. The summed E-state index contributed by atoms with van der Waals surface area (Å²) in [4.78, 5) is 4.36. The molecule has 0 aliphatic rings. The van der Waals surface area contributed by atoms with Crippen molar-refractivity contribution in [2.24, 2.45) is 5.73 Å². The van der Waals surface area contributed by atoms with Gasteiger partial charge in [-0.15, -0.1) is 0 Å². The van der Waals surface area contributed by atoms with Gasteiger partial charge in [-0.2, -0.15) is 11.3 Å². The lowest BCUT2D eigenvalue weighted by atomic mass is 10.1. The lowest BCUT2D eigenvalue weighted by Gasteiger charge is -2.21. The van der Waals surface area contributed by atoms with Gasteiger partial charge in [-0.05, 0) is 40.9 Å². The van der Waals surface area contributed by atoms with Gasteiger partial charge in [-0.3, -0.25) is 0 Å². The molecule has 0 saturated heterocycles. The molecule has 0 fully saturated rings. The molecule has 0 saturated carbocycles. The van der Waals surface area contributed by atoms with Gasteiger partial charge in [0.15, 0.2) is 0 Å². The van der Waals surface area contributed by atoms with Crippen molar-refractivity contribution in [2.75, 3.05) is 0 Å². The molecule has 2 heterocycles. The first-order valence-electron chi connectivity index (χ1n) is 5.66. The normalized spacial score (nSPS) is 14.5. The number of nitrogens with zero attached hydrogens (tertiary/aromatic N) is 1. The second kappa shape index (κ2) is 6.19. The van der Waals surface area contributed by atoms with E-state index in [-0.39, 0.29) is 6.04 Å². The van der Waals surface area contributed by atoms with Gasteiger partial charge < -0.3 is 5.73 Å². The van der Waals surface area contributed by atoms with Crippen LogP contribution in [0.25, 0.3) is 0 Å². The largest absolute Gasteiger partial charge is 0.326 e. The minimum atomic E-state index is 0.164. The summed E-state index contributed by atoms with van der Waals surface area (Å²) in [5.41, 5.74) is 7.52. The number of thiophene rings is 1. The number of hydrogen-bond donors (Lipinski definition) is 1. The molecule has 0 aliphatic carbocycles. The van der Waals surface area contributed by atoms with Gasteiger partial charge in [0.1, 0.15) is 0 Å². The van der Waals surface area contributed by atoms with Crippen molar-refractivity contribution in [3.63, 3.8) is 0 Å². The van der Waals surface area contributed by atoms with E-state index in [1.54, 1.807) is 23.1 Å². The molecule has 90 valence electrons. The Labute approximate surface area is 110 Å². The van der Waals surface area contributed by atoms with Crippen molar-refractivity contribution in [1.29, 1.82) is 0 Å². The molecular formula is C13H16N2S2. The molecule has 2 aromatic rings. The molecule has 2 atom stereocenters. The zero-order valence-corrected chi connectivity index (χ0v) is 11.4. The van der Waals surface area contributed by atoms with Gasteiger partial charge in [0, 0.05) is 12.2 Å². The number of thioether (sulfide) groups is 1. The van der Waals surface area contributed by atoms with Gasteiger partial charge in [0.05, 0.1) is 10.3 Å². The standard InChI is InChI=1S/C13H16N2S2/c1-2-11(14)13(10-6-8-16-9-10)17-12-5-3-4-7-15-12/h3-9,11,13H,2,14H2,1H3. The van der Waals surface area contributed by atoms with E-state index in [2.05, 4.69) is 28.7 Å². The first-order valence-corrected chi connectivity index (χ1v) is 7.49. The summed E-state index contributed by atoms with van der Waals surface area (Å²) < 4.78 is 0. The lowest BCUT2D eigenvalue weighted by molar-refractivity contribution is 0.634. The van der Waals surface area contributed by atoms with Crippen LogP contribution in [0.3, 0.4) is 0 Å². The van der Waals surface area contributed by atoms with E-state index in [0.717, 1.165) is 11.4 Å². The highest BCUT2D eigenvalue weighted by Gasteiger charge is 2.20. The van der Waals surface area contributed by atoms with E-state index >= 15 is 0 Å². The number of rotatable bonds is 5. The van der Waals surface area contributed by atoms with Crippen molar-refractivity contribution < 1.29 is 0 Å². The second-order valence-corrected chi connectivity index (χ2v) is 5.78. The van der Waals surface area contributed by atoms with E-state index in [0.29, 0.717) is 5.25 Å². The van der Waals surface area contributed by atoms with Crippen LogP contribution in [-0.2, 0) is 0 Å². The molecule has 0 spiro atoms. The minimum absolute atomic E-state index is 0.164. The van der Waals surface area contributed by atoms with Crippen molar-refractivity contribution in [3.8, 4) is 0 Å². The van der Waals surface area contributed by atoms with E-state index in [1.807, 2.05) is 24.4 Å². The second-order valence-electron chi connectivity index (χ2n) is 3.84. The van der Waals surface area contributed by atoms with Crippen molar-refractivity contribution >= 4 is 23.1 Å². The third-order valence-corrected chi connectivity index (χ3v) is 4.68. The fraction of sp³-hybridized carbons (Fsp3) is 0.308. The van der Waals surface area contributed by atoms with Gasteiger partial charge in [0.25, 0.3) is 0 Å². The molecule has 0 bridgehead atoms. The molecule has 2 rings (SSSR count). The van der Waals surface area contributed by atoms with E-state index in [1.165, 1.54) is 5.56 Å². The molecule has 17 heavy (non-hydrogen) atoms. The summed E-state index contributed by atoms with van der Waals surface area (Å²) in [5, 5.41) is 5.61. The average molecular weight is 264 g/mol. The monoisotopic (exact) mass is 264 g/mol.